The van der Waals surface area contributed by atoms with Crippen molar-refractivity contribution >= 4 is 16.9 Å². The summed E-state index contributed by atoms with van der Waals surface area (Å²) in [6, 6.07) is 17.0. The molecule has 5 heteroatoms. The minimum absolute atomic E-state index is 0.00992. The van der Waals surface area contributed by atoms with Gasteiger partial charge in [0, 0.05) is 29.6 Å². The van der Waals surface area contributed by atoms with E-state index in [2.05, 4.69) is 13.8 Å². The van der Waals surface area contributed by atoms with Crippen LogP contribution >= 0.6 is 0 Å². The van der Waals surface area contributed by atoms with Gasteiger partial charge in [-0.1, -0.05) is 30.3 Å². The number of nitrogens with zero attached hydrogens (tertiary/aromatic N) is 1. The number of benzene rings is 2. The van der Waals surface area contributed by atoms with Crippen LogP contribution in [0.1, 0.15) is 33.1 Å². The zero-order chi connectivity index (χ0) is 20.4. The number of hydrogen-bond donors (Lipinski definition) is 0. The Balaban J connectivity index is 1.57. The van der Waals surface area contributed by atoms with Gasteiger partial charge in [-0.15, -0.1) is 0 Å². The summed E-state index contributed by atoms with van der Waals surface area (Å²) in [6.07, 6.45) is 3.21. The quantitative estimate of drug-likeness (QED) is 0.609. The number of likely N-dealkylation sites (tertiary alicyclic amines) is 1. The highest BCUT2D eigenvalue weighted by Gasteiger charge is 2.29. The zero-order valence-electron chi connectivity index (χ0n) is 16.8. The molecule has 29 heavy (non-hydrogen) atoms. The van der Waals surface area contributed by atoms with Crippen LogP contribution in [0.2, 0.25) is 0 Å². The largest absolute Gasteiger partial charge is 0.484 e. The average Bonchev–Trinajstić information content (AvgIpc) is 2.72. The van der Waals surface area contributed by atoms with Gasteiger partial charge in [0.2, 0.25) is 0 Å². The van der Waals surface area contributed by atoms with E-state index in [0.29, 0.717) is 11.3 Å². The fraction of sp³-hybridized carbons (Fsp3) is 0.333. The van der Waals surface area contributed by atoms with Gasteiger partial charge in [-0.25, -0.2) is 4.79 Å². The molecule has 0 aliphatic carbocycles. The Kier molecular flexibility index (Phi) is 5.38. The fourth-order valence-corrected chi connectivity index (χ4v) is 4.22. The van der Waals surface area contributed by atoms with Crippen LogP contribution in [0.3, 0.4) is 0 Å². The Morgan fingerprint density at radius 2 is 1.79 bits per heavy atom. The second-order valence-electron chi connectivity index (χ2n) is 7.72. The van der Waals surface area contributed by atoms with Crippen molar-refractivity contribution in [3.8, 4) is 16.9 Å². The van der Waals surface area contributed by atoms with Crippen molar-refractivity contribution in [2.45, 2.75) is 45.2 Å². The summed E-state index contributed by atoms with van der Waals surface area (Å²) in [7, 11) is 0. The maximum absolute atomic E-state index is 12.7. The van der Waals surface area contributed by atoms with E-state index in [-0.39, 0.29) is 24.6 Å². The SMILES string of the molecule is C[C@@H]1CCC[C@H](C)N1C(=O)COc1ccc2c(-c3ccccc3)cc(=O)oc2c1. The lowest BCUT2D eigenvalue weighted by atomic mass is 9.97. The molecule has 4 rings (SSSR count). The molecule has 0 N–H and O–H groups in total. The molecule has 1 aliphatic rings. The van der Waals surface area contributed by atoms with Crippen molar-refractivity contribution in [3.05, 3.63) is 65.0 Å². The van der Waals surface area contributed by atoms with E-state index >= 15 is 0 Å². The normalized spacial score (nSPS) is 19.3. The lowest BCUT2D eigenvalue weighted by Crippen LogP contribution is -2.49. The first-order chi connectivity index (χ1) is 14.0. The second-order valence-corrected chi connectivity index (χ2v) is 7.72. The van der Waals surface area contributed by atoms with E-state index in [9.17, 15) is 9.59 Å². The summed E-state index contributed by atoms with van der Waals surface area (Å²) < 4.78 is 11.1. The van der Waals surface area contributed by atoms with Gasteiger partial charge in [0.25, 0.3) is 5.91 Å². The molecule has 2 aromatic carbocycles. The molecule has 5 nitrogen and oxygen atoms in total. The molecule has 3 aromatic rings. The van der Waals surface area contributed by atoms with Crippen LogP contribution < -0.4 is 10.4 Å². The van der Waals surface area contributed by atoms with Crippen molar-refractivity contribution in [2.24, 2.45) is 0 Å². The summed E-state index contributed by atoms with van der Waals surface area (Å²) in [5.74, 6) is 0.501. The van der Waals surface area contributed by atoms with E-state index in [1.54, 1.807) is 6.07 Å². The highest BCUT2D eigenvalue weighted by Crippen LogP contribution is 2.30. The first-order valence-corrected chi connectivity index (χ1v) is 10.1. The van der Waals surface area contributed by atoms with E-state index in [4.69, 9.17) is 9.15 Å². The summed E-state index contributed by atoms with van der Waals surface area (Å²) >= 11 is 0. The molecular weight excluding hydrogens is 366 g/mol. The Labute approximate surface area is 169 Å². The maximum atomic E-state index is 12.7. The van der Waals surface area contributed by atoms with Gasteiger partial charge >= 0.3 is 5.63 Å². The molecular formula is C24H25NO4. The van der Waals surface area contributed by atoms with E-state index in [1.165, 1.54) is 6.07 Å². The van der Waals surface area contributed by atoms with Crippen LogP contribution in [-0.4, -0.2) is 29.5 Å². The topological polar surface area (TPSA) is 59.8 Å². The first kappa shape index (κ1) is 19.2. The standard InChI is InChI=1S/C24H25NO4/c1-16-7-6-8-17(2)25(16)23(26)15-28-19-11-12-20-21(18-9-4-3-5-10-18)14-24(27)29-22(20)13-19/h3-5,9-14,16-17H,6-8,15H2,1-2H3/t16-,17+. The van der Waals surface area contributed by atoms with Crippen LogP contribution in [-0.2, 0) is 4.79 Å². The molecule has 1 saturated heterocycles. The van der Waals surface area contributed by atoms with Crippen molar-refractivity contribution in [3.63, 3.8) is 0 Å². The molecule has 0 radical (unpaired) electrons. The molecule has 1 amide bonds. The number of carbonyl (C=O) groups is 1. The summed E-state index contributed by atoms with van der Waals surface area (Å²) in [5.41, 5.74) is 1.79. The molecule has 1 aromatic heterocycles. The lowest BCUT2D eigenvalue weighted by molar-refractivity contribution is -0.139. The number of amides is 1. The molecule has 0 saturated carbocycles. The minimum atomic E-state index is -0.416. The number of carbonyl (C=O) groups excluding carboxylic acids is 1. The fourth-order valence-electron chi connectivity index (χ4n) is 4.22. The Morgan fingerprint density at radius 1 is 1.07 bits per heavy atom. The number of rotatable bonds is 4. The van der Waals surface area contributed by atoms with E-state index < -0.39 is 5.63 Å². The second kappa shape index (κ2) is 8.11. The van der Waals surface area contributed by atoms with Crippen molar-refractivity contribution in [2.75, 3.05) is 6.61 Å². The first-order valence-electron chi connectivity index (χ1n) is 10.1. The van der Waals surface area contributed by atoms with Gasteiger partial charge < -0.3 is 14.1 Å². The average molecular weight is 391 g/mol. The third-order valence-electron chi connectivity index (χ3n) is 5.64. The third kappa shape index (κ3) is 4.04. The van der Waals surface area contributed by atoms with Crippen LogP contribution in [0.5, 0.6) is 5.75 Å². The van der Waals surface area contributed by atoms with E-state index in [0.717, 1.165) is 35.8 Å². The molecule has 2 heterocycles. The summed E-state index contributed by atoms with van der Waals surface area (Å²) in [6.45, 7) is 4.15. The van der Waals surface area contributed by atoms with E-state index in [1.807, 2.05) is 47.4 Å². The van der Waals surface area contributed by atoms with Crippen molar-refractivity contribution in [1.29, 1.82) is 0 Å². The summed E-state index contributed by atoms with van der Waals surface area (Å²) in [4.78, 5) is 26.7. The van der Waals surface area contributed by atoms with Crippen molar-refractivity contribution < 1.29 is 13.9 Å². The molecule has 0 bridgehead atoms. The summed E-state index contributed by atoms with van der Waals surface area (Å²) in [5, 5.41) is 0.827. The van der Waals surface area contributed by atoms with Gasteiger partial charge in [0.05, 0.1) is 0 Å². The van der Waals surface area contributed by atoms with Crippen LogP contribution in [0.15, 0.2) is 63.8 Å². The lowest BCUT2D eigenvalue weighted by Gasteiger charge is -2.38. The molecule has 0 spiro atoms. The smallest absolute Gasteiger partial charge is 0.336 e. The van der Waals surface area contributed by atoms with Gasteiger partial charge in [0.15, 0.2) is 6.61 Å². The van der Waals surface area contributed by atoms with Gasteiger partial charge in [-0.05, 0) is 56.4 Å². The van der Waals surface area contributed by atoms with Crippen LogP contribution in [0.4, 0.5) is 0 Å². The molecule has 1 aliphatic heterocycles. The highest BCUT2D eigenvalue weighted by molar-refractivity contribution is 5.93. The number of ether oxygens (including phenoxy) is 1. The number of fused-ring (bicyclic) bond motifs is 1. The minimum Gasteiger partial charge on any atom is -0.484 e. The molecule has 0 unspecified atom stereocenters. The Bertz CT molecular complexity index is 1060. The maximum Gasteiger partial charge on any atom is 0.336 e. The molecule has 1 fully saturated rings. The van der Waals surface area contributed by atoms with Crippen LogP contribution in [0, 0.1) is 0 Å². The Morgan fingerprint density at radius 3 is 2.52 bits per heavy atom. The van der Waals surface area contributed by atoms with Gasteiger partial charge in [-0.2, -0.15) is 0 Å². The predicted molar refractivity (Wildman–Crippen MR) is 113 cm³/mol. The third-order valence-corrected chi connectivity index (χ3v) is 5.64. The predicted octanol–water partition coefficient (Wildman–Crippen LogP) is 4.63. The van der Waals surface area contributed by atoms with Gasteiger partial charge in [-0.3, -0.25) is 4.79 Å². The zero-order valence-corrected chi connectivity index (χ0v) is 16.8. The Hall–Kier alpha value is -3.08. The molecule has 2 atom stereocenters. The number of piperidine rings is 1. The van der Waals surface area contributed by atoms with Crippen molar-refractivity contribution in [1.82, 2.24) is 4.90 Å². The highest BCUT2D eigenvalue weighted by atomic mass is 16.5. The van der Waals surface area contributed by atoms with Crippen LogP contribution in [0.25, 0.3) is 22.1 Å². The number of hydrogen-bond acceptors (Lipinski definition) is 4. The monoisotopic (exact) mass is 391 g/mol. The van der Waals surface area contributed by atoms with Gasteiger partial charge in [0.1, 0.15) is 11.3 Å². The molecule has 150 valence electrons.